The summed E-state index contributed by atoms with van der Waals surface area (Å²) in [5, 5.41) is 18.3. The number of carbonyl (C=O) groups excluding carboxylic acids is 1. The number of aromatic hydroxyl groups is 1. The lowest BCUT2D eigenvalue weighted by Gasteiger charge is -2.11. The van der Waals surface area contributed by atoms with Gasteiger partial charge >= 0.3 is 0 Å². The Labute approximate surface area is 158 Å². The topological polar surface area (TPSA) is 85.8 Å². The molecule has 0 fully saturated rings. The second kappa shape index (κ2) is 13.3. The van der Waals surface area contributed by atoms with Crippen LogP contribution in [0, 0.1) is 0 Å². The lowest BCUT2D eigenvalue weighted by Crippen LogP contribution is -2.41. The molecule has 0 bridgehead atoms. The van der Waals surface area contributed by atoms with Crippen LogP contribution in [0.2, 0.25) is 0 Å². The van der Waals surface area contributed by atoms with Crippen LogP contribution in [-0.2, 0) is 0 Å². The van der Waals surface area contributed by atoms with Gasteiger partial charge in [0.1, 0.15) is 5.75 Å². The first-order valence-electron chi connectivity index (χ1n) is 7.25. The van der Waals surface area contributed by atoms with Gasteiger partial charge in [0.15, 0.2) is 5.96 Å². The third-order valence-corrected chi connectivity index (χ3v) is 3.33. The molecule has 0 aliphatic carbocycles. The first-order valence-corrected chi connectivity index (χ1v) is 8.65. The average molecular weight is 452 g/mol. The molecule has 0 aliphatic heterocycles. The van der Waals surface area contributed by atoms with E-state index in [2.05, 4.69) is 27.2 Å². The monoisotopic (exact) mass is 452 g/mol. The molecular formula is C15H25IN4O2S. The quantitative estimate of drug-likeness (QED) is 0.209. The molecule has 1 aromatic rings. The zero-order valence-electron chi connectivity index (χ0n) is 13.5. The van der Waals surface area contributed by atoms with Crippen LogP contribution in [0.3, 0.4) is 0 Å². The highest BCUT2D eigenvalue weighted by atomic mass is 127. The number of aliphatic imine (C=N–C) groups is 1. The van der Waals surface area contributed by atoms with E-state index in [1.165, 1.54) is 12.1 Å². The van der Waals surface area contributed by atoms with Crippen LogP contribution in [0.5, 0.6) is 5.75 Å². The van der Waals surface area contributed by atoms with Gasteiger partial charge < -0.3 is 21.1 Å². The number of hydrogen-bond donors (Lipinski definition) is 4. The SMILES string of the molecule is CCNC(=NCCSC)NCCNC(=O)c1ccc(O)cc1.I. The second-order valence-electron chi connectivity index (χ2n) is 4.48. The van der Waals surface area contributed by atoms with Gasteiger partial charge in [-0.05, 0) is 37.4 Å². The molecule has 0 unspecified atom stereocenters. The van der Waals surface area contributed by atoms with Crippen molar-refractivity contribution in [3.63, 3.8) is 0 Å². The van der Waals surface area contributed by atoms with Crippen molar-refractivity contribution in [3.8, 4) is 5.75 Å². The Morgan fingerprint density at radius 1 is 1.17 bits per heavy atom. The van der Waals surface area contributed by atoms with Crippen molar-refractivity contribution in [2.45, 2.75) is 6.92 Å². The predicted molar refractivity (Wildman–Crippen MR) is 108 cm³/mol. The molecule has 0 heterocycles. The Hall–Kier alpha value is -1.16. The molecule has 6 nitrogen and oxygen atoms in total. The number of amides is 1. The summed E-state index contributed by atoms with van der Waals surface area (Å²) in [4.78, 5) is 16.3. The number of rotatable bonds is 8. The van der Waals surface area contributed by atoms with Crippen molar-refractivity contribution in [1.82, 2.24) is 16.0 Å². The zero-order chi connectivity index (χ0) is 16.2. The van der Waals surface area contributed by atoms with Gasteiger partial charge in [-0.25, -0.2) is 0 Å². The van der Waals surface area contributed by atoms with Gasteiger partial charge in [0.25, 0.3) is 5.91 Å². The molecule has 1 amide bonds. The average Bonchev–Trinajstić information content (AvgIpc) is 2.52. The molecule has 0 aliphatic rings. The summed E-state index contributed by atoms with van der Waals surface area (Å²) in [6, 6.07) is 6.17. The predicted octanol–water partition coefficient (Wildman–Crippen LogP) is 1.66. The van der Waals surface area contributed by atoms with E-state index in [0.29, 0.717) is 18.7 Å². The number of thioether (sulfide) groups is 1. The summed E-state index contributed by atoms with van der Waals surface area (Å²) in [5.41, 5.74) is 0.526. The van der Waals surface area contributed by atoms with Crippen LogP contribution in [0.25, 0.3) is 0 Å². The van der Waals surface area contributed by atoms with E-state index in [1.54, 1.807) is 23.9 Å². The molecule has 0 saturated heterocycles. The maximum Gasteiger partial charge on any atom is 0.251 e. The van der Waals surface area contributed by atoms with Crippen molar-refractivity contribution in [1.29, 1.82) is 0 Å². The van der Waals surface area contributed by atoms with Gasteiger partial charge in [-0.1, -0.05) is 0 Å². The van der Waals surface area contributed by atoms with Crippen LogP contribution < -0.4 is 16.0 Å². The summed E-state index contributed by atoms with van der Waals surface area (Å²) in [7, 11) is 0. The summed E-state index contributed by atoms with van der Waals surface area (Å²) in [6.45, 7) is 4.65. The molecule has 4 N–H and O–H groups in total. The number of nitrogens with one attached hydrogen (secondary N) is 3. The largest absolute Gasteiger partial charge is 0.508 e. The number of hydrogen-bond acceptors (Lipinski definition) is 4. The standard InChI is InChI=1S/C15H24N4O2S.HI/c1-3-16-15(19-10-11-22-2)18-9-8-17-14(21)12-4-6-13(20)7-5-12;/h4-7,20H,3,8-11H2,1-2H3,(H,17,21)(H2,16,18,19);1H. The molecule has 1 aromatic carbocycles. The minimum atomic E-state index is -0.161. The third kappa shape index (κ3) is 9.54. The number of phenols is 1. The highest BCUT2D eigenvalue weighted by molar-refractivity contribution is 14.0. The molecular weight excluding hydrogens is 427 g/mol. The lowest BCUT2D eigenvalue weighted by atomic mass is 10.2. The smallest absolute Gasteiger partial charge is 0.251 e. The van der Waals surface area contributed by atoms with Crippen LogP contribution >= 0.6 is 35.7 Å². The fourth-order valence-electron chi connectivity index (χ4n) is 1.66. The van der Waals surface area contributed by atoms with Crippen LogP contribution in [0.15, 0.2) is 29.3 Å². The number of halogens is 1. The molecule has 0 aromatic heterocycles. The highest BCUT2D eigenvalue weighted by Gasteiger charge is 2.04. The molecule has 130 valence electrons. The Balaban J connectivity index is 0.00000484. The van der Waals surface area contributed by atoms with Crippen LogP contribution in [0.1, 0.15) is 17.3 Å². The fraction of sp³-hybridized carbons (Fsp3) is 0.467. The number of nitrogens with zero attached hydrogens (tertiary/aromatic N) is 1. The van der Waals surface area contributed by atoms with Gasteiger partial charge in [0, 0.05) is 31.0 Å². The molecule has 8 heteroatoms. The molecule has 0 spiro atoms. The van der Waals surface area contributed by atoms with Crippen molar-refractivity contribution in [2.75, 3.05) is 38.2 Å². The fourth-order valence-corrected chi connectivity index (χ4v) is 1.94. The number of carbonyl (C=O) groups is 1. The summed E-state index contributed by atoms with van der Waals surface area (Å²) in [5.74, 6) is 1.73. The van der Waals surface area contributed by atoms with Gasteiger partial charge in [-0.15, -0.1) is 24.0 Å². The van der Waals surface area contributed by atoms with Gasteiger partial charge in [0.2, 0.25) is 0 Å². The lowest BCUT2D eigenvalue weighted by molar-refractivity contribution is 0.0954. The molecule has 0 radical (unpaired) electrons. The second-order valence-corrected chi connectivity index (χ2v) is 5.47. The zero-order valence-corrected chi connectivity index (χ0v) is 16.6. The van der Waals surface area contributed by atoms with Crippen LogP contribution in [0.4, 0.5) is 0 Å². The Morgan fingerprint density at radius 2 is 1.83 bits per heavy atom. The Bertz CT molecular complexity index is 483. The van der Waals surface area contributed by atoms with Gasteiger partial charge in [0.05, 0.1) is 6.54 Å². The first kappa shape index (κ1) is 21.8. The number of phenolic OH excluding ortho intramolecular Hbond substituents is 1. The Kier molecular flexibility index (Phi) is 12.6. The Morgan fingerprint density at radius 3 is 2.43 bits per heavy atom. The van der Waals surface area contributed by atoms with E-state index in [0.717, 1.165) is 24.8 Å². The maximum absolute atomic E-state index is 11.9. The maximum atomic E-state index is 11.9. The first-order chi connectivity index (χ1) is 10.7. The van der Waals surface area contributed by atoms with Crippen molar-refractivity contribution in [2.24, 2.45) is 4.99 Å². The van der Waals surface area contributed by atoms with E-state index in [4.69, 9.17) is 0 Å². The minimum Gasteiger partial charge on any atom is -0.508 e. The van der Waals surface area contributed by atoms with Gasteiger partial charge in [-0.3, -0.25) is 9.79 Å². The normalized spacial score (nSPS) is 10.6. The van der Waals surface area contributed by atoms with Crippen molar-refractivity contribution < 1.29 is 9.90 Å². The van der Waals surface area contributed by atoms with Gasteiger partial charge in [-0.2, -0.15) is 11.8 Å². The van der Waals surface area contributed by atoms with E-state index < -0.39 is 0 Å². The minimum absolute atomic E-state index is 0. The van der Waals surface area contributed by atoms with Crippen LogP contribution in [-0.4, -0.2) is 55.2 Å². The van der Waals surface area contributed by atoms with E-state index in [-0.39, 0.29) is 35.6 Å². The molecule has 0 atom stereocenters. The number of benzene rings is 1. The summed E-state index contributed by atoms with van der Waals surface area (Å²) in [6.07, 6.45) is 2.05. The molecule has 0 saturated carbocycles. The third-order valence-electron chi connectivity index (χ3n) is 2.74. The highest BCUT2D eigenvalue weighted by Crippen LogP contribution is 2.09. The van der Waals surface area contributed by atoms with Crippen molar-refractivity contribution >= 4 is 47.6 Å². The molecule has 1 rings (SSSR count). The van der Waals surface area contributed by atoms with E-state index in [9.17, 15) is 9.90 Å². The number of guanidine groups is 1. The molecule has 23 heavy (non-hydrogen) atoms. The van der Waals surface area contributed by atoms with Crippen molar-refractivity contribution in [3.05, 3.63) is 29.8 Å². The van der Waals surface area contributed by atoms with E-state index in [1.807, 2.05) is 6.92 Å². The summed E-state index contributed by atoms with van der Waals surface area (Å²) < 4.78 is 0. The summed E-state index contributed by atoms with van der Waals surface area (Å²) >= 11 is 1.76. The van der Waals surface area contributed by atoms with E-state index >= 15 is 0 Å².